The van der Waals surface area contributed by atoms with Crippen LogP contribution < -0.4 is 0 Å². The highest BCUT2D eigenvalue weighted by Gasteiger charge is 2.46. The molecule has 1 atom stereocenters. The Labute approximate surface area is 84.2 Å². The van der Waals surface area contributed by atoms with Crippen molar-refractivity contribution >= 4 is 0 Å². The van der Waals surface area contributed by atoms with Crippen molar-refractivity contribution in [1.29, 1.82) is 0 Å². The lowest BCUT2D eigenvalue weighted by Crippen LogP contribution is -2.57. The fourth-order valence-corrected chi connectivity index (χ4v) is 1.78. The van der Waals surface area contributed by atoms with Crippen molar-refractivity contribution in [1.82, 2.24) is 4.90 Å². The van der Waals surface area contributed by atoms with E-state index in [0.717, 1.165) is 0 Å². The summed E-state index contributed by atoms with van der Waals surface area (Å²) in [5.41, 5.74) is -0.192. The summed E-state index contributed by atoms with van der Waals surface area (Å²) < 4.78 is 31.8. The van der Waals surface area contributed by atoms with Crippen molar-refractivity contribution in [2.75, 3.05) is 20.2 Å². The highest BCUT2D eigenvalue weighted by Crippen LogP contribution is 2.32. The van der Waals surface area contributed by atoms with Gasteiger partial charge in [0.15, 0.2) is 0 Å². The lowest BCUT2D eigenvalue weighted by atomic mass is 9.97. The van der Waals surface area contributed by atoms with E-state index in [1.807, 2.05) is 25.7 Å². The minimum atomic E-state index is -2.72. The summed E-state index contributed by atoms with van der Waals surface area (Å²) in [6.45, 7) is 6.34. The maximum atomic E-state index is 13.5. The van der Waals surface area contributed by atoms with Gasteiger partial charge in [0.05, 0.1) is 6.54 Å². The van der Waals surface area contributed by atoms with E-state index in [2.05, 4.69) is 0 Å². The van der Waals surface area contributed by atoms with Crippen LogP contribution in [0.15, 0.2) is 0 Å². The van der Waals surface area contributed by atoms with Crippen LogP contribution in [-0.2, 0) is 4.74 Å². The number of methoxy groups -OCH3 is 1. The average Bonchev–Trinajstić information content (AvgIpc) is 2.00. The molecule has 84 valence electrons. The van der Waals surface area contributed by atoms with Gasteiger partial charge in [0, 0.05) is 19.2 Å². The molecule has 0 amide bonds. The maximum Gasteiger partial charge on any atom is 0.286 e. The Balaban J connectivity index is 2.67. The molecule has 0 bridgehead atoms. The molecule has 14 heavy (non-hydrogen) atoms. The first-order chi connectivity index (χ1) is 6.27. The van der Waals surface area contributed by atoms with Gasteiger partial charge in [-0.1, -0.05) is 0 Å². The first-order valence-electron chi connectivity index (χ1n) is 4.93. The lowest BCUT2D eigenvalue weighted by molar-refractivity contribution is -0.173. The maximum absolute atomic E-state index is 13.5. The van der Waals surface area contributed by atoms with E-state index < -0.39 is 12.0 Å². The summed E-state index contributed by atoms with van der Waals surface area (Å²) in [6.07, 6.45) is -0.512. The summed E-state index contributed by atoms with van der Waals surface area (Å²) in [5, 5.41) is 0. The SMILES string of the molecule is COC1CCN(C(C)(C)C)CC1(F)F. The molecule has 0 aromatic heterocycles. The monoisotopic (exact) mass is 207 g/mol. The second-order valence-electron chi connectivity index (χ2n) is 4.87. The molecule has 0 aromatic rings. The van der Waals surface area contributed by atoms with Crippen LogP contribution >= 0.6 is 0 Å². The third-order valence-corrected chi connectivity index (χ3v) is 2.77. The number of ether oxygens (including phenoxy) is 1. The molecule has 1 unspecified atom stereocenters. The van der Waals surface area contributed by atoms with Gasteiger partial charge in [-0.3, -0.25) is 4.90 Å². The summed E-state index contributed by atoms with van der Waals surface area (Å²) in [4.78, 5) is 1.81. The molecule has 0 saturated carbocycles. The van der Waals surface area contributed by atoms with Crippen molar-refractivity contribution < 1.29 is 13.5 Å². The Bertz CT molecular complexity index is 201. The van der Waals surface area contributed by atoms with E-state index in [1.165, 1.54) is 7.11 Å². The predicted molar refractivity (Wildman–Crippen MR) is 51.7 cm³/mol. The first kappa shape index (κ1) is 11.9. The van der Waals surface area contributed by atoms with E-state index in [1.54, 1.807) is 0 Å². The molecule has 1 fully saturated rings. The Hall–Kier alpha value is -0.220. The van der Waals surface area contributed by atoms with E-state index in [9.17, 15) is 8.78 Å². The molecule has 4 heteroatoms. The standard InChI is InChI=1S/C10H19F2NO/c1-9(2,3)13-6-5-8(14-4)10(11,12)7-13/h8H,5-7H2,1-4H3. The third kappa shape index (κ3) is 2.42. The molecule has 1 heterocycles. The van der Waals surface area contributed by atoms with Crippen LogP contribution in [0.4, 0.5) is 8.78 Å². The van der Waals surface area contributed by atoms with Crippen molar-refractivity contribution in [2.45, 2.75) is 44.8 Å². The highest BCUT2D eigenvalue weighted by molar-refractivity contribution is 4.91. The molecule has 0 radical (unpaired) electrons. The lowest BCUT2D eigenvalue weighted by Gasteiger charge is -2.44. The number of likely N-dealkylation sites (tertiary alicyclic amines) is 1. The van der Waals surface area contributed by atoms with Crippen LogP contribution in [0.25, 0.3) is 0 Å². The van der Waals surface area contributed by atoms with Gasteiger partial charge >= 0.3 is 0 Å². The van der Waals surface area contributed by atoms with Crippen molar-refractivity contribution in [3.05, 3.63) is 0 Å². The molecule has 1 aliphatic heterocycles. The molecule has 1 aliphatic rings. The van der Waals surface area contributed by atoms with Crippen molar-refractivity contribution in [3.63, 3.8) is 0 Å². The van der Waals surface area contributed by atoms with Gasteiger partial charge in [0.25, 0.3) is 5.92 Å². The van der Waals surface area contributed by atoms with Crippen molar-refractivity contribution in [2.24, 2.45) is 0 Å². The zero-order valence-electron chi connectivity index (χ0n) is 9.31. The fourth-order valence-electron chi connectivity index (χ4n) is 1.78. The van der Waals surface area contributed by atoms with Crippen LogP contribution in [0.2, 0.25) is 0 Å². The van der Waals surface area contributed by atoms with Gasteiger partial charge in [-0.05, 0) is 27.2 Å². The largest absolute Gasteiger partial charge is 0.375 e. The smallest absolute Gasteiger partial charge is 0.286 e. The highest BCUT2D eigenvalue weighted by atomic mass is 19.3. The second-order valence-corrected chi connectivity index (χ2v) is 4.87. The normalized spacial score (nSPS) is 29.1. The number of rotatable bonds is 1. The quantitative estimate of drug-likeness (QED) is 0.653. The predicted octanol–water partition coefficient (Wildman–Crippen LogP) is 2.14. The minimum Gasteiger partial charge on any atom is -0.375 e. The molecule has 0 spiro atoms. The van der Waals surface area contributed by atoms with E-state index in [4.69, 9.17) is 4.74 Å². The Morgan fingerprint density at radius 2 is 1.93 bits per heavy atom. The molecule has 2 nitrogen and oxygen atoms in total. The van der Waals surface area contributed by atoms with Gasteiger partial charge < -0.3 is 4.74 Å². The number of halogens is 2. The number of hydrogen-bond acceptors (Lipinski definition) is 2. The van der Waals surface area contributed by atoms with Gasteiger partial charge in [-0.2, -0.15) is 0 Å². The Morgan fingerprint density at radius 3 is 2.29 bits per heavy atom. The molecule has 0 aliphatic carbocycles. The zero-order valence-corrected chi connectivity index (χ0v) is 9.31. The molecule has 0 N–H and O–H groups in total. The Kier molecular flexibility index (Phi) is 3.17. The number of hydrogen-bond donors (Lipinski definition) is 0. The minimum absolute atomic E-state index is 0.192. The van der Waals surface area contributed by atoms with Gasteiger partial charge in [-0.15, -0.1) is 0 Å². The molecule has 0 aromatic carbocycles. The van der Waals surface area contributed by atoms with Gasteiger partial charge in [0.1, 0.15) is 6.10 Å². The molecule has 1 rings (SSSR count). The topological polar surface area (TPSA) is 12.5 Å². The molecular formula is C10H19F2NO. The van der Waals surface area contributed by atoms with Gasteiger partial charge in [-0.25, -0.2) is 8.78 Å². The Morgan fingerprint density at radius 1 is 1.36 bits per heavy atom. The fraction of sp³-hybridized carbons (Fsp3) is 1.00. The number of alkyl halides is 2. The van der Waals surface area contributed by atoms with Crippen molar-refractivity contribution in [3.8, 4) is 0 Å². The summed E-state index contributed by atoms with van der Waals surface area (Å²) in [7, 11) is 1.35. The summed E-state index contributed by atoms with van der Waals surface area (Å²) in [5.74, 6) is -2.72. The van der Waals surface area contributed by atoms with Crippen LogP contribution in [0.5, 0.6) is 0 Å². The second kappa shape index (κ2) is 3.74. The van der Waals surface area contributed by atoms with Crippen LogP contribution in [0, 0.1) is 0 Å². The van der Waals surface area contributed by atoms with Crippen LogP contribution in [-0.4, -0.2) is 42.7 Å². The van der Waals surface area contributed by atoms with E-state index in [-0.39, 0.29) is 12.1 Å². The zero-order chi connectivity index (χ0) is 11.0. The summed E-state index contributed by atoms with van der Waals surface area (Å²) in [6, 6.07) is 0. The first-order valence-corrected chi connectivity index (χ1v) is 4.93. The third-order valence-electron chi connectivity index (χ3n) is 2.77. The summed E-state index contributed by atoms with van der Waals surface area (Å²) >= 11 is 0. The average molecular weight is 207 g/mol. The number of piperidine rings is 1. The molecular weight excluding hydrogens is 188 g/mol. The van der Waals surface area contributed by atoms with E-state index >= 15 is 0 Å². The molecule has 1 saturated heterocycles. The van der Waals surface area contributed by atoms with Crippen LogP contribution in [0.3, 0.4) is 0 Å². The van der Waals surface area contributed by atoms with E-state index in [0.29, 0.717) is 13.0 Å². The number of nitrogens with zero attached hydrogens (tertiary/aromatic N) is 1. The van der Waals surface area contributed by atoms with Gasteiger partial charge in [0.2, 0.25) is 0 Å². The van der Waals surface area contributed by atoms with Crippen LogP contribution in [0.1, 0.15) is 27.2 Å².